The lowest BCUT2D eigenvalue weighted by molar-refractivity contribution is -0.172. The Morgan fingerprint density at radius 3 is 2.17 bits per heavy atom. The van der Waals surface area contributed by atoms with Crippen LogP contribution >= 0.6 is 0 Å². The number of aliphatic carboxylic acids is 1. The van der Waals surface area contributed by atoms with Crippen molar-refractivity contribution in [1.29, 1.82) is 0 Å². The molecular weight excluding hydrogens is 319 g/mol. The van der Waals surface area contributed by atoms with E-state index < -0.39 is 35.9 Å². The van der Waals surface area contributed by atoms with Crippen LogP contribution in [0, 0.1) is 0 Å². The van der Waals surface area contributed by atoms with Crippen LogP contribution in [0.15, 0.2) is 0 Å². The molecule has 0 aromatic rings. The third kappa shape index (κ3) is 9.14. The van der Waals surface area contributed by atoms with Crippen molar-refractivity contribution in [3.8, 4) is 0 Å². The van der Waals surface area contributed by atoms with Crippen molar-refractivity contribution in [2.45, 2.75) is 56.8 Å². The van der Waals surface area contributed by atoms with Gasteiger partial charge in [0.05, 0.1) is 6.04 Å². The normalized spacial score (nSPS) is 14.1. The van der Waals surface area contributed by atoms with Gasteiger partial charge in [0.25, 0.3) is 5.78 Å². The van der Waals surface area contributed by atoms with Crippen molar-refractivity contribution in [1.82, 2.24) is 5.32 Å². The minimum Gasteiger partial charge on any atom is -0.480 e. The first kappa shape index (κ1) is 21.3. The fourth-order valence-corrected chi connectivity index (χ4v) is 1.84. The molecule has 1 unspecified atom stereocenters. The van der Waals surface area contributed by atoms with E-state index in [0.29, 0.717) is 19.4 Å². The van der Waals surface area contributed by atoms with E-state index in [-0.39, 0.29) is 25.7 Å². The van der Waals surface area contributed by atoms with Crippen molar-refractivity contribution < 1.29 is 32.7 Å². The maximum absolute atomic E-state index is 12.1. The molecule has 0 spiro atoms. The lowest BCUT2D eigenvalue weighted by Crippen LogP contribution is -2.42. The molecular formula is C13H22F3N3O4. The Morgan fingerprint density at radius 2 is 1.70 bits per heavy atom. The Hall–Kier alpha value is -1.68. The molecule has 0 aliphatic heterocycles. The van der Waals surface area contributed by atoms with Gasteiger partial charge in [-0.15, -0.1) is 0 Å². The molecule has 1 amide bonds. The number of carboxylic acid groups (broad SMARTS) is 1. The molecule has 134 valence electrons. The molecule has 0 aliphatic carbocycles. The number of amides is 1. The number of carboxylic acids is 1. The summed E-state index contributed by atoms with van der Waals surface area (Å²) in [5, 5.41) is 11.2. The Morgan fingerprint density at radius 1 is 1.09 bits per heavy atom. The number of ketones is 1. The zero-order valence-electron chi connectivity index (χ0n) is 12.6. The number of rotatable bonds is 11. The maximum atomic E-state index is 12.1. The summed E-state index contributed by atoms with van der Waals surface area (Å²) in [5.41, 5.74) is 10.4. The molecule has 0 aromatic heterocycles. The third-order valence-electron chi connectivity index (χ3n) is 3.12. The molecule has 0 aliphatic rings. The van der Waals surface area contributed by atoms with E-state index in [2.05, 4.69) is 5.32 Å². The summed E-state index contributed by atoms with van der Waals surface area (Å²) in [6.07, 6.45) is -4.21. The van der Waals surface area contributed by atoms with E-state index in [1.807, 2.05) is 0 Å². The number of halogens is 3. The first-order valence-electron chi connectivity index (χ1n) is 7.18. The van der Waals surface area contributed by atoms with Gasteiger partial charge < -0.3 is 21.9 Å². The number of hydrogen-bond donors (Lipinski definition) is 4. The highest BCUT2D eigenvalue weighted by Gasteiger charge is 2.41. The van der Waals surface area contributed by atoms with E-state index in [9.17, 15) is 27.6 Å². The fourth-order valence-electron chi connectivity index (χ4n) is 1.84. The van der Waals surface area contributed by atoms with Crippen molar-refractivity contribution >= 4 is 17.7 Å². The van der Waals surface area contributed by atoms with E-state index >= 15 is 0 Å². The molecule has 0 rings (SSSR count). The van der Waals surface area contributed by atoms with Crippen molar-refractivity contribution in [3.63, 3.8) is 0 Å². The summed E-state index contributed by atoms with van der Waals surface area (Å²) in [4.78, 5) is 33.4. The van der Waals surface area contributed by atoms with Gasteiger partial charge in [0, 0.05) is 6.42 Å². The number of unbranched alkanes of at least 4 members (excludes halogenated alkanes) is 1. The molecule has 0 saturated carbocycles. The number of alkyl halides is 3. The lowest BCUT2D eigenvalue weighted by Gasteiger charge is -2.15. The molecule has 0 heterocycles. The van der Waals surface area contributed by atoms with Crippen molar-refractivity contribution in [2.75, 3.05) is 6.54 Å². The molecule has 2 atom stereocenters. The zero-order chi connectivity index (χ0) is 18.0. The van der Waals surface area contributed by atoms with Gasteiger partial charge in [-0.2, -0.15) is 13.2 Å². The van der Waals surface area contributed by atoms with Gasteiger partial charge in [0.1, 0.15) is 6.04 Å². The average molecular weight is 341 g/mol. The number of nitrogens with one attached hydrogen (secondary N) is 1. The average Bonchev–Trinajstić information content (AvgIpc) is 2.44. The zero-order valence-corrected chi connectivity index (χ0v) is 12.6. The van der Waals surface area contributed by atoms with E-state index in [1.165, 1.54) is 0 Å². The van der Waals surface area contributed by atoms with E-state index in [0.717, 1.165) is 0 Å². The topological polar surface area (TPSA) is 136 Å². The predicted molar refractivity (Wildman–Crippen MR) is 75.4 cm³/mol. The summed E-state index contributed by atoms with van der Waals surface area (Å²) in [6, 6.07) is -2.79. The Bertz CT molecular complexity index is 416. The van der Waals surface area contributed by atoms with Crippen LogP contribution in [0.5, 0.6) is 0 Å². The maximum Gasteiger partial charge on any atom is 0.451 e. The molecule has 23 heavy (non-hydrogen) atoms. The highest BCUT2D eigenvalue weighted by atomic mass is 19.4. The van der Waals surface area contributed by atoms with Crippen LogP contribution < -0.4 is 16.8 Å². The Labute approximate surface area is 131 Å². The molecule has 0 saturated heterocycles. The van der Waals surface area contributed by atoms with Crippen LogP contribution in [0.4, 0.5) is 13.2 Å². The molecule has 0 aromatic carbocycles. The number of carbonyl (C=O) groups excluding carboxylic acids is 2. The molecule has 10 heteroatoms. The first-order valence-corrected chi connectivity index (χ1v) is 7.18. The van der Waals surface area contributed by atoms with E-state index in [1.54, 1.807) is 0 Å². The van der Waals surface area contributed by atoms with Gasteiger partial charge in [0.2, 0.25) is 5.91 Å². The highest BCUT2D eigenvalue weighted by Crippen LogP contribution is 2.19. The second-order valence-corrected chi connectivity index (χ2v) is 5.10. The van der Waals surface area contributed by atoms with E-state index in [4.69, 9.17) is 16.6 Å². The second kappa shape index (κ2) is 10.2. The van der Waals surface area contributed by atoms with Crippen molar-refractivity contribution in [3.05, 3.63) is 0 Å². The summed E-state index contributed by atoms with van der Waals surface area (Å²) in [5.74, 6) is -3.85. The summed E-state index contributed by atoms with van der Waals surface area (Å²) < 4.78 is 36.3. The van der Waals surface area contributed by atoms with Gasteiger partial charge in [0.15, 0.2) is 0 Å². The van der Waals surface area contributed by atoms with Gasteiger partial charge in [-0.1, -0.05) is 0 Å². The Balaban J connectivity index is 4.18. The SMILES string of the molecule is NCCCC[C@H](NC(=O)CCCC(N)C(=O)C(F)(F)F)C(=O)O. The van der Waals surface area contributed by atoms with Gasteiger partial charge in [-0.3, -0.25) is 9.59 Å². The lowest BCUT2D eigenvalue weighted by atomic mass is 10.1. The number of carbonyl (C=O) groups is 3. The largest absolute Gasteiger partial charge is 0.480 e. The minimum absolute atomic E-state index is 0.0516. The summed E-state index contributed by atoms with van der Waals surface area (Å²) in [7, 11) is 0. The van der Waals surface area contributed by atoms with Crippen LogP contribution in [0.25, 0.3) is 0 Å². The third-order valence-corrected chi connectivity index (χ3v) is 3.12. The minimum atomic E-state index is -5.00. The highest BCUT2D eigenvalue weighted by molar-refractivity contribution is 5.89. The quantitative estimate of drug-likeness (QED) is 0.400. The standard InChI is InChI=1S/C13H22F3N3O4/c14-13(15,16)11(21)8(18)4-3-6-10(20)19-9(12(22)23)5-1-2-7-17/h8-9H,1-7,17-18H2,(H,19,20)(H,22,23)/t8?,9-/m0/s1. The molecule has 6 N–H and O–H groups in total. The van der Waals surface area contributed by atoms with Crippen LogP contribution in [0.3, 0.4) is 0 Å². The molecule has 0 bridgehead atoms. The summed E-state index contributed by atoms with van der Waals surface area (Å²) in [6.45, 7) is 0.408. The van der Waals surface area contributed by atoms with Crippen LogP contribution in [0.1, 0.15) is 38.5 Å². The van der Waals surface area contributed by atoms with Crippen molar-refractivity contribution in [2.24, 2.45) is 11.5 Å². The molecule has 0 radical (unpaired) electrons. The molecule has 7 nitrogen and oxygen atoms in total. The van der Waals surface area contributed by atoms with Crippen LogP contribution in [0.2, 0.25) is 0 Å². The Kier molecular flexibility index (Phi) is 9.42. The van der Waals surface area contributed by atoms with Crippen LogP contribution in [-0.2, 0) is 14.4 Å². The monoisotopic (exact) mass is 341 g/mol. The summed E-state index contributed by atoms with van der Waals surface area (Å²) >= 11 is 0. The fraction of sp³-hybridized carbons (Fsp3) is 0.769. The van der Waals surface area contributed by atoms with Crippen LogP contribution in [-0.4, -0.2) is 47.6 Å². The first-order chi connectivity index (χ1) is 10.6. The molecule has 0 fully saturated rings. The number of hydrogen-bond acceptors (Lipinski definition) is 5. The number of nitrogens with two attached hydrogens (primary N) is 2. The number of Topliss-reactive ketones (excluding diaryl/α,β-unsaturated/α-hetero) is 1. The second-order valence-electron chi connectivity index (χ2n) is 5.10. The van der Waals surface area contributed by atoms with Gasteiger partial charge in [-0.25, -0.2) is 4.79 Å². The smallest absolute Gasteiger partial charge is 0.451 e. The van der Waals surface area contributed by atoms with Gasteiger partial charge in [-0.05, 0) is 38.6 Å². The van der Waals surface area contributed by atoms with Gasteiger partial charge >= 0.3 is 12.1 Å². The predicted octanol–water partition coefficient (Wildman–Crippen LogP) is 0.314.